The molecule has 0 unspecified atom stereocenters. The van der Waals surface area contributed by atoms with Gasteiger partial charge in [-0.3, -0.25) is 4.79 Å². The van der Waals surface area contributed by atoms with E-state index in [-0.39, 0.29) is 23.1 Å². The van der Waals surface area contributed by atoms with Gasteiger partial charge in [0.2, 0.25) is 5.91 Å². The number of alkyl halides is 3. The maximum absolute atomic E-state index is 12.6. The highest BCUT2D eigenvalue weighted by molar-refractivity contribution is 5.89. The predicted octanol–water partition coefficient (Wildman–Crippen LogP) is 3.19. The second kappa shape index (κ2) is 8.38. The minimum Gasteiger partial charge on any atom is -0.341 e. The van der Waals surface area contributed by atoms with Crippen LogP contribution in [0.2, 0.25) is 0 Å². The third kappa shape index (κ3) is 5.85. The van der Waals surface area contributed by atoms with Gasteiger partial charge < -0.3 is 21.3 Å². The Morgan fingerprint density at radius 2 is 1.64 bits per heavy atom. The van der Waals surface area contributed by atoms with Crippen molar-refractivity contribution in [3.8, 4) is 0 Å². The molecule has 1 heterocycles. The SMILES string of the molecule is CC(C)(C)[C@H](N)C(=O)N1CCC(NC(=O)Nc2ccc(C(F)(F)F)cc2)CC1. The van der Waals surface area contributed by atoms with Gasteiger partial charge in [-0.05, 0) is 42.5 Å². The van der Waals surface area contributed by atoms with Crippen LogP contribution in [0.15, 0.2) is 24.3 Å². The van der Waals surface area contributed by atoms with Crippen molar-refractivity contribution in [2.75, 3.05) is 18.4 Å². The molecule has 1 atom stereocenters. The van der Waals surface area contributed by atoms with Gasteiger partial charge in [-0.1, -0.05) is 20.8 Å². The lowest BCUT2D eigenvalue weighted by Crippen LogP contribution is -2.54. The van der Waals surface area contributed by atoms with Gasteiger partial charge >= 0.3 is 12.2 Å². The maximum Gasteiger partial charge on any atom is 0.416 e. The fraction of sp³-hybridized carbons (Fsp3) is 0.579. The lowest BCUT2D eigenvalue weighted by molar-refractivity contribution is -0.137. The number of carbonyl (C=O) groups is 2. The van der Waals surface area contributed by atoms with Crippen molar-refractivity contribution in [3.05, 3.63) is 29.8 Å². The number of amides is 3. The molecule has 1 aliphatic heterocycles. The van der Waals surface area contributed by atoms with Crippen molar-refractivity contribution in [3.63, 3.8) is 0 Å². The fourth-order valence-electron chi connectivity index (χ4n) is 2.91. The number of hydrogen-bond donors (Lipinski definition) is 3. The first-order valence-electron chi connectivity index (χ1n) is 9.17. The first-order valence-corrected chi connectivity index (χ1v) is 9.17. The third-order valence-electron chi connectivity index (χ3n) is 4.81. The van der Waals surface area contributed by atoms with Crippen molar-refractivity contribution in [2.24, 2.45) is 11.1 Å². The average molecular weight is 400 g/mol. The van der Waals surface area contributed by atoms with Gasteiger partial charge in [0.15, 0.2) is 0 Å². The fourth-order valence-corrected chi connectivity index (χ4v) is 2.91. The second-order valence-electron chi connectivity index (χ2n) is 8.12. The van der Waals surface area contributed by atoms with Crippen molar-refractivity contribution in [2.45, 2.75) is 51.9 Å². The summed E-state index contributed by atoms with van der Waals surface area (Å²) in [6.07, 6.45) is -3.24. The van der Waals surface area contributed by atoms with E-state index < -0.39 is 23.8 Å². The number of urea groups is 1. The van der Waals surface area contributed by atoms with Crippen LogP contribution in [-0.4, -0.2) is 42.0 Å². The van der Waals surface area contributed by atoms with E-state index in [0.717, 1.165) is 12.1 Å². The molecular weight excluding hydrogens is 373 g/mol. The van der Waals surface area contributed by atoms with Crippen molar-refractivity contribution in [1.82, 2.24) is 10.2 Å². The van der Waals surface area contributed by atoms with Crippen molar-refractivity contribution >= 4 is 17.6 Å². The normalized spacial score (nSPS) is 17.2. The van der Waals surface area contributed by atoms with Crippen LogP contribution in [0.1, 0.15) is 39.2 Å². The van der Waals surface area contributed by atoms with Crippen LogP contribution in [0, 0.1) is 5.41 Å². The quantitative estimate of drug-likeness (QED) is 0.728. The van der Waals surface area contributed by atoms with Crippen molar-refractivity contribution < 1.29 is 22.8 Å². The van der Waals surface area contributed by atoms with Crippen LogP contribution >= 0.6 is 0 Å². The summed E-state index contributed by atoms with van der Waals surface area (Å²) in [5.74, 6) is -0.0971. The standard InChI is InChI=1S/C19H27F3N4O2/c1-18(2,3)15(23)16(27)26-10-8-14(9-11-26)25-17(28)24-13-6-4-12(5-7-13)19(20,21)22/h4-7,14-15H,8-11,23H2,1-3H3,(H2,24,25,28)/t15-/m1/s1. The molecule has 6 nitrogen and oxygen atoms in total. The van der Waals surface area contributed by atoms with E-state index >= 15 is 0 Å². The van der Waals surface area contributed by atoms with E-state index in [2.05, 4.69) is 10.6 Å². The molecule has 28 heavy (non-hydrogen) atoms. The lowest BCUT2D eigenvalue weighted by Gasteiger charge is -2.36. The minimum absolute atomic E-state index is 0.0971. The van der Waals surface area contributed by atoms with Gasteiger partial charge in [-0.25, -0.2) is 4.79 Å². The summed E-state index contributed by atoms with van der Waals surface area (Å²) in [4.78, 5) is 26.2. The first-order chi connectivity index (χ1) is 12.9. The smallest absolute Gasteiger partial charge is 0.341 e. The van der Waals surface area contributed by atoms with Crippen molar-refractivity contribution in [1.29, 1.82) is 0 Å². The molecule has 2 rings (SSSR count). The van der Waals surface area contributed by atoms with E-state index in [9.17, 15) is 22.8 Å². The summed E-state index contributed by atoms with van der Waals surface area (Å²) in [7, 11) is 0. The van der Waals surface area contributed by atoms with Gasteiger partial charge in [0, 0.05) is 24.8 Å². The van der Waals surface area contributed by atoms with Crippen LogP contribution in [0.5, 0.6) is 0 Å². The molecule has 0 saturated carbocycles. The van der Waals surface area contributed by atoms with Crippen LogP contribution in [0.25, 0.3) is 0 Å². The molecule has 1 aromatic rings. The number of nitrogens with two attached hydrogens (primary N) is 1. The molecule has 1 fully saturated rings. The number of halogens is 3. The zero-order valence-corrected chi connectivity index (χ0v) is 16.3. The molecule has 9 heteroatoms. The summed E-state index contributed by atoms with van der Waals surface area (Å²) < 4.78 is 37.7. The Kier molecular flexibility index (Phi) is 6.59. The average Bonchev–Trinajstić information content (AvgIpc) is 2.60. The van der Waals surface area contributed by atoms with E-state index in [4.69, 9.17) is 5.73 Å². The number of nitrogens with one attached hydrogen (secondary N) is 2. The van der Waals surface area contributed by atoms with E-state index in [1.807, 2.05) is 20.8 Å². The molecule has 0 aliphatic carbocycles. The summed E-state index contributed by atoms with van der Waals surface area (Å²) in [5, 5.41) is 5.31. The number of piperidine rings is 1. The molecule has 0 bridgehead atoms. The topological polar surface area (TPSA) is 87.5 Å². The highest BCUT2D eigenvalue weighted by Crippen LogP contribution is 2.29. The Labute approximate surface area is 162 Å². The number of anilines is 1. The summed E-state index contributed by atoms with van der Waals surface area (Å²) in [6.45, 7) is 6.72. The highest BCUT2D eigenvalue weighted by atomic mass is 19.4. The summed E-state index contributed by atoms with van der Waals surface area (Å²) in [6, 6.07) is 3.05. The van der Waals surface area contributed by atoms with Crippen LogP contribution in [-0.2, 0) is 11.0 Å². The van der Waals surface area contributed by atoms with Gasteiger partial charge in [0.05, 0.1) is 11.6 Å². The van der Waals surface area contributed by atoms with Crippen LogP contribution in [0.3, 0.4) is 0 Å². The largest absolute Gasteiger partial charge is 0.416 e. The molecule has 0 aromatic heterocycles. The van der Waals surface area contributed by atoms with E-state index in [0.29, 0.717) is 25.9 Å². The zero-order chi connectivity index (χ0) is 21.1. The Balaban J connectivity index is 1.81. The van der Waals surface area contributed by atoms with Gasteiger partial charge in [0.1, 0.15) is 0 Å². The highest BCUT2D eigenvalue weighted by Gasteiger charge is 2.33. The maximum atomic E-state index is 12.6. The number of carbonyl (C=O) groups excluding carboxylic acids is 2. The Morgan fingerprint density at radius 3 is 2.11 bits per heavy atom. The molecule has 1 aromatic carbocycles. The molecule has 0 spiro atoms. The molecule has 1 aliphatic rings. The van der Waals surface area contributed by atoms with Gasteiger partial charge in [-0.15, -0.1) is 0 Å². The number of likely N-dealkylation sites (tertiary alicyclic amines) is 1. The van der Waals surface area contributed by atoms with E-state index in [1.54, 1.807) is 4.90 Å². The molecule has 3 amide bonds. The molecule has 0 radical (unpaired) electrons. The number of rotatable bonds is 3. The van der Waals surface area contributed by atoms with Gasteiger partial charge in [0.25, 0.3) is 0 Å². The first kappa shape index (κ1) is 22.0. The van der Waals surface area contributed by atoms with Crippen LogP contribution < -0.4 is 16.4 Å². The lowest BCUT2D eigenvalue weighted by atomic mass is 9.86. The molecule has 156 valence electrons. The molecular formula is C19H27F3N4O2. The van der Waals surface area contributed by atoms with Gasteiger partial charge in [-0.2, -0.15) is 13.2 Å². The number of benzene rings is 1. The summed E-state index contributed by atoms with van der Waals surface area (Å²) in [5.41, 5.74) is 5.20. The minimum atomic E-state index is -4.41. The number of hydrogen-bond acceptors (Lipinski definition) is 3. The Morgan fingerprint density at radius 1 is 1.11 bits per heavy atom. The third-order valence-corrected chi connectivity index (χ3v) is 4.81. The summed E-state index contributed by atoms with van der Waals surface area (Å²) >= 11 is 0. The zero-order valence-electron chi connectivity index (χ0n) is 16.3. The number of nitrogens with zero attached hydrogens (tertiary/aromatic N) is 1. The Bertz CT molecular complexity index is 691. The second-order valence-corrected chi connectivity index (χ2v) is 8.12. The van der Waals surface area contributed by atoms with E-state index in [1.165, 1.54) is 12.1 Å². The Hall–Kier alpha value is -2.29. The predicted molar refractivity (Wildman–Crippen MR) is 101 cm³/mol. The molecule has 4 N–H and O–H groups in total. The monoisotopic (exact) mass is 400 g/mol. The van der Waals surface area contributed by atoms with Crippen LogP contribution in [0.4, 0.5) is 23.7 Å². The molecule has 1 saturated heterocycles.